The summed E-state index contributed by atoms with van der Waals surface area (Å²) in [5.41, 5.74) is 0.642. The van der Waals surface area contributed by atoms with Crippen molar-refractivity contribution in [1.82, 2.24) is 5.32 Å². The summed E-state index contributed by atoms with van der Waals surface area (Å²) >= 11 is 11.8. The molecular formula is C14H18Cl2N2O. The minimum atomic E-state index is -0.128. The maximum absolute atomic E-state index is 12.2. The van der Waals surface area contributed by atoms with E-state index >= 15 is 0 Å². The molecule has 1 heterocycles. The molecule has 0 radical (unpaired) electrons. The van der Waals surface area contributed by atoms with E-state index in [0.717, 1.165) is 25.8 Å². The van der Waals surface area contributed by atoms with E-state index in [-0.39, 0.29) is 11.9 Å². The van der Waals surface area contributed by atoms with Crippen LogP contribution in [0.5, 0.6) is 0 Å². The Balaban J connectivity index is 2.00. The molecule has 1 saturated heterocycles. The second-order valence-corrected chi connectivity index (χ2v) is 5.83. The zero-order valence-electron chi connectivity index (χ0n) is 10.9. The van der Waals surface area contributed by atoms with Crippen molar-refractivity contribution in [2.45, 2.75) is 32.2 Å². The zero-order chi connectivity index (χ0) is 13.8. The van der Waals surface area contributed by atoms with Crippen LogP contribution in [0.25, 0.3) is 0 Å². The van der Waals surface area contributed by atoms with Crippen molar-refractivity contribution in [2.75, 3.05) is 11.9 Å². The smallest absolute Gasteiger partial charge is 0.241 e. The molecule has 2 unspecified atom stereocenters. The van der Waals surface area contributed by atoms with Gasteiger partial charge in [-0.15, -0.1) is 0 Å². The van der Waals surface area contributed by atoms with Gasteiger partial charge in [0.2, 0.25) is 5.91 Å². The Labute approximate surface area is 123 Å². The van der Waals surface area contributed by atoms with Gasteiger partial charge in [-0.3, -0.25) is 4.79 Å². The number of piperidine rings is 1. The first-order chi connectivity index (χ1) is 9.08. The van der Waals surface area contributed by atoms with E-state index in [0.29, 0.717) is 21.7 Å². The SMILES string of the molecule is CCC1CCNC(C(=O)Nc2cc(Cl)cc(Cl)c2)C1. The van der Waals surface area contributed by atoms with Crippen LogP contribution in [0.2, 0.25) is 10.0 Å². The minimum Gasteiger partial charge on any atom is -0.325 e. The van der Waals surface area contributed by atoms with Crippen molar-refractivity contribution < 1.29 is 4.79 Å². The van der Waals surface area contributed by atoms with E-state index in [1.165, 1.54) is 0 Å². The monoisotopic (exact) mass is 300 g/mol. The van der Waals surface area contributed by atoms with Gasteiger partial charge in [0.1, 0.15) is 0 Å². The van der Waals surface area contributed by atoms with Gasteiger partial charge in [0.25, 0.3) is 0 Å². The molecule has 1 aliphatic heterocycles. The van der Waals surface area contributed by atoms with Crippen LogP contribution in [-0.4, -0.2) is 18.5 Å². The summed E-state index contributed by atoms with van der Waals surface area (Å²) in [6.45, 7) is 3.06. The number of amides is 1. The highest BCUT2D eigenvalue weighted by Gasteiger charge is 2.25. The van der Waals surface area contributed by atoms with E-state index in [1.54, 1.807) is 18.2 Å². The van der Waals surface area contributed by atoms with Gasteiger partial charge in [0, 0.05) is 15.7 Å². The summed E-state index contributed by atoms with van der Waals surface area (Å²) in [6, 6.07) is 4.92. The molecule has 1 aromatic rings. The fourth-order valence-corrected chi connectivity index (χ4v) is 2.95. The van der Waals surface area contributed by atoms with E-state index < -0.39 is 0 Å². The summed E-state index contributed by atoms with van der Waals surface area (Å²) in [7, 11) is 0. The lowest BCUT2D eigenvalue weighted by Gasteiger charge is -2.28. The molecule has 0 aromatic heterocycles. The number of anilines is 1. The van der Waals surface area contributed by atoms with Gasteiger partial charge >= 0.3 is 0 Å². The quantitative estimate of drug-likeness (QED) is 0.893. The van der Waals surface area contributed by atoms with Gasteiger partial charge in [0.05, 0.1) is 6.04 Å². The molecular weight excluding hydrogens is 283 g/mol. The van der Waals surface area contributed by atoms with Crippen LogP contribution in [0.15, 0.2) is 18.2 Å². The third kappa shape index (κ3) is 4.10. The number of hydrogen-bond acceptors (Lipinski definition) is 2. The maximum Gasteiger partial charge on any atom is 0.241 e. The largest absolute Gasteiger partial charge is 0.325 e. The molecule has 0 spiro atoms. The predicted octanol–water partition coefficient (Wildman–Crippen LogP) is 3.71. The first-order valence-electron chi connectivity index (χ1n) is 6.59. The molecule has 5 heteroatoms. The first-order valence-corrected chi connectivity index (χ1v) is 7.34. The Morgan fingerprint density at radius 2 is 2.05 bits per heavy atom. The Hall–Kier alpha value is -0.770. The number of halogens is 2. The number of benzene rings is 1. The van der Waals surface area contributed by atoms with E-state index in [1.807, 2.05) is 0 Å². The fourth-order valence-electron chi connectivity index (χ4n) is 2.42. The summed E-state index contributed by atoms with van der Waals surface area (Å²) in [4.78, 5) is 12.2. The lowest BCUT2D eigenvalue weighted by atomic mass is 9.90. The normalized spacial score (nSPS) is 23.1. The van der Waals surface area contributed by atoms with E-state index in [9.17, 15) is 4.79 Å². The number of rotatable bonds is 3. The summed E-state index contributed by atoms with van der Waals surface area (Å²) in [5, 5.41) is 7.16. The maximum atomic E-state index is 12.2. The Morgan fingerprint density at radius 3 is 2.68 bits per heavy atom. The first kappa shape index (κ1) is 14.6. The van der Waals surface area contributed by atoms with Crippen molar-refractivity contribution in [2.24, 2.45) is 5.92 Å². The highest BCUT2D eigenvalue weighted by atomic mass is 35.5. The average Bonchev–Trinajstić information content (AvgIpc) is 2.37. The molecule has 0 bridgehead atoms. The van der Waals surface area contributed by atoms with Crippen LogP contribution in [0.3, 0.4) is 0 Å². The fraction of sp³-hybridized carbons (Fsp3) is 0.500. The molecule has 1 fully saturated rings. The highest BCUT2D eigenvalue weighted by Crippen LogP contribution is 2.24. The third-order valence-corrected chi connectivity index (χ3v) is 3.97. The third-order valence-electron chi connectivity index (χ3n) is 3.54. The van der Waals surface area contributed by atoms with Gasteiger partial charge in [0.15, 0.2) is 0 Å². The van der Waals surface area contributed by atoms with Crippen molar-refractivity contribution in [3.05, 3.63) is 28.2 Å². The van der Waals surface area contributed by atoms with Crippen molar-refractivity contribution >= 4 is 34.8 Å². The average molecular weight is 301 g/mol. The van der Waals surface area contributed by atoms with Crippen LogP contribution in [-0.2, 0) is 4.79 Å². The lowest BCUT2D eigenvalue weighted by molar-refractivity contribution is -0.119. The Bertz CT molecular complexity index is 445. The zero-order valence-corrected chi connectivity index (χ0v) is 12.4. The molecule has 19 heavy (non-hydrogen) atoms. The summed E-state index contributed by atoms with van der Waals surface area (Å²) in [5.74, 6) is 0.608. The lowest BCUT2D eigenvalue weighted by Crippen LogP contribution is -2.46. The Kier molecular flexibility index (Phi) is 5.08. The molecule has 0 saturated carbocycles. The van der Waals surface area contributed by atoms with Crippen LogP contribution >= 0.6 is 23.2 Å². The minimum absolute atomic E-state index is 0.0171. The van der Waals surface area contributed by atoms with Gasteiger partial charge in [-0.1, -0.05) is 36.5 Å². The Morgan fingerprint density at radius 1 is 1.37 bits per heavy atom. The summed E-state index contributed by atoms with van der Waals surface area (Å²) in [6.07, 6.45) is 3.15. The predicted molar refractivity (Wildman–Crippen MR) is 79.9 cm³/mol. The molecule has 1 aliphatic rings. The number of carbonyl (C=O) groups excluding carboxylic acids is 1. The molecule has 104 valence electrons. The van der Waals surface area contributed by atoms with Gasteiger partial charge in [-0.25, -0.2) is 0 Å². The van der Waals surface area contributed by atoms with Gasteiger partial charge in [-0.05, 0) is 43.5 Å². The van der Waals surface area contributed by atoms with Crippen molar-refractivity contribution in [1.29, 1.82) is 0 Å². The van der Waals surface area contributed by atoms with E-state index in [4.69, 9.17) is 23.2 Å². The number of hydrogen-bond donors (Lipinski definition) is 2. The van der Waals surface area contributed by atoms with Crippen LogP contribution < -0.4 is 10.6 Å². The van der Waals surface area contributed by atoms with E-state index in [2.05, 4.69) is 17.6 Å². The van der Waals surface area contributed by atoms with Crippen molar-refractivity contribution in [3.8, 4) is 0 Å². The van der Waals surface area contributed by atoms with Crippen LogP contribution in [0, 0.1) is 5.92 Å². The molecule has 2 atom stereocenters. The van der Waals surface area contributed by atoms with Gasteiger partial charge < -0.3 is 10.6 Å². The molecule has 2 rings (SSSR count). The van der Waals surface area contributed by atoms with Gasteiger partial charge in [-0.2, -0.15) is 0 Å². The molecule has 2 N–H and O–H groups in total. The molecule has 0 aliphatic carbocycles. The number of nitrogens with one attached hydrogen (secondary N) is 2. The topological polar surface area (TPSA) is 41.1 Å². The summed E-state index contributed by atoms with van der Waals surface area (Å²) < 4.78 is 0. The van der Waals surface area contributed by atoms with Crippen LogP contribution in [0.4, 0.5) is 5.69 Å². The highest BCUT2D eigenvalue weighted by molar-refractivity contribution is 6.35. The second-order valence-electron chi connectivity index (χ2n) is 4.95. The molecule has 1 aromatic carbocycles. The number of carbonyl (C=O) groups is 1. The standard InChI is InChI=1S/C14H18Cl2N2O/c1-2-9-3-4-17-13(5-9)14(19)18-12-7-10(15)6-11(16)8-12/h6-9,13,17H,2-5H2,1H3,(H,18,19). The second kappa shape index (κ2) is 6.60. The molecule has 1 amide bonds. The van der Waals surface area contributed by atoms with Crippen molar-refractivity contribution in [3.63, 3.8) is 0 Å². The van der Waals surface area contributed by atoms with Crippen LogP contribution in [0.1, 0.15) is 26.2 Å². The molecule has 3 nitrogen and oxygen atoms in total.